The molecule has 106 valence electrons. The Balaban J connectivity index is 1.85. The van der Waals surface area contributed by atoms with Crippen molar-refractivity contribution < 1.29 is 0 Å². The zero-order chi connectivity index (χ0) is 14.3. The molecule has 2 aromatic rings. The average molecular weight is 290 g/mol. The van der Waals surface area contributed by atoms with E-state index >= 15 is 0 Å². The number of halogens is 1. The molecule has 0 saturated heterocycles. The summed E-state index contributed by atoms with van der Waals surface area (Å²) in [5.41, 5.74) is 4.13. The van der Waals surface area contributed by atoms with Gasteiger partial charge in [0.15, 0.2) is 0 Å². The van der Waals surface area contributed by atoms with E-state index in [0.29, 0.717) is 6.04 Å². The molecule has 0 radical (unpaired) electrons. The molecule has 0 fully saturated rings. The fraction of sp³-hybridized carbons (Fsp3) is 0.438. The van der Waals surface area contributed by atoms with Gasteiger partial charge in [-0.3, -0.25) is 4.68 Å². The minimum atomic E-state index is 0.200. The molecule has 1 unspecified atom stereocenters. The van der Waals surface area contributed by atoms with Gasteiger partial charge in [-0.2, -0.15) is 5.10 Å². The van der Waals surface area contributed by atoms with Gasteiger partial charge in [0.1, 0.15) is 0 Å². The Labute approximate surface area is 124 Å². The first kappa shape index (κ1) is 13.7. The standard InChI is InChI=1S/C16H20ClN3/c1-16(2)9-11-4-5-12(17)8-14(11)15(16)18-10-13-6-7-19-20(13)3/h4-8,15,18H,9-10H2,1-3H3. The van der Waals surface area contributed by atoms with Crippen LogP contribution in [0.1, 0.15) is 36.7 Å². The fourth-order valence-corrected chi connectivity index (χ4v) is 3.36. The number of fused-ring (bicyclic) bond motifs is 1. The summed E-state index contributed by atoms with van der Waals surface area (Å²) in [6.45, 7) is 5.43. The first-order valence-electron chi connectivity index (χ1n) is 6.96. The number of hydrogen-bond acceptors (Lipinski definition) is 2. The Bertz CT molecular complexity index is 630. The van der Waals surface area contributed by atoms with Crippen LogP contribution in [0.15, 0.2) is 30.5 Å². The first-order valence-corrected chi connectivity index (χ1v) is 7.34. The fourth-order valence-electron chi connectivity index (χ4n) is 3.18. The molecule has 4 heteroatoms. The maximum Gasteiger partial charge on any atom is 0.0518 e. The Morgan fingerprint density at radius 2 is 2.20 bits per heavy atom. The van der Waals surface area contributed by atoms with E-state index in [1.165, 1.54) is 16.8 Å². The summed E-state index contributed by atoms with van der Waals surface area (Å²) in [6.07, 6.45) is 2.92. The van der Waals surface area contributed by atoms with E-state index in [1.807, 2.05) is 30.1 Å². The van der Waals surface area contributed by atoms with Gasteiger partial charge in [-0.1, -0.05) is 31.5 Å². The molecule has 1 aromatic heterocycles. The normalized spacial score (nSPS) is 20.1. The van der Waals surface area contributed by atoms with Crippen LogP contribution in [0, 0.1) is 5.41 Å². The third kappa shape index (κ3) is 2.36. The van der Waals surface area contributed by atoms with Crippen molar-refractivity contribution >= 4 is 11.6 Å². The van der Waals surface area contributed by atoms with E-state index in [9.17, 15) is 0 Å². The van der Waals surface area contributed by atoms with Gasteiger partial charge in [0, 0.05) is 30.9 Å². The van der Waals surface area contributed by atoms with Crippen LogP contribution >= 0.6 is 11.6 Å². The van der Waals surface area contributed by atoms with Crippen molar-refractivity contribution in [2.45, 2.75) is 32.9 Å². The highest BCUT2D eigenvalue weighted by atomic mass is 35.5. The smallest absolute Gasteiger partial charge is 0.0518 e. The number of nitrogens with zero attached hydrogens (tertiary/aromatic N) is 2. The summed E-state index contributed by atoms with van der Waals surface area (Å²) in [5, 5.41) is 8.70. The first-order chi connectivity index (χ1) is 9.47. The Morgan fingerprint density at radius 1 is 1.40 bits per heavy atom. The molecule has 1 aromatic carbocycles. The third-order valence-electron chi connectivity index (χ3n) is 4.26. The molecule has 0 amide bonds. The summed E-state index contributed by atoms with van der Waals surface area (Å²) in [7, 11) is 1.97. The van der Waals surface area contributed by atoms with Crippen LogP contribution in [0.3, 0.4) is 0 Å². The molecule has 0 bridgehead atoms. The third-order valence-corrected chi connectivity index (χ3v) is 4.49. The lowest BCUT2D eigenvalue weighted by Gasteiger charge is -2.28. The average Bonchev–Trinajstić information content (AvgIpc) is 2.88. The molecule has 3 nitrogen and oxygen atoms in total. The minimum Gasteiger partial charge on any atom is -0.304 e. The summed E-state index contributed by atoms with van der Waals surface area (Å²) in [4.78, 5) is 0. The van der Waals surface area contributed by atoms with E-state index < -0.39 is 0 Å². The number of rotatable bonds is 3. The van der Waals surface area contributed by atoms with Crippen LogP contribution in [0.5, 0.6) is 0 Å². The van der Waals surface area contributed by atoms with Crippen LogP contribution in [0.25, 0.3) is 0 Å². The molecule has 3 rings (SSSR count). The van der Waals surface area contributed by atoms with E-state index in [4.69, 9.17) is 11.6 Å². The SMILES string of the molecule is Cn1nccc1CNC1c2cc(Cl)ccc2CC1(C)C. The van der Waals surface area contributed by atoms with Crippen LogP contribution in [-0.2, 0) is 20.0 Å². The number of aromatic nitrogens is 2. The monoisotopic (exact) mass is 289 g/mol. The minimum absolute atomic E-state index is 0.200. The van der Waals surface area contributed by atoms with Crippen molar-refractivity contribution in [2.24, 2.45) is 12.5 Å². The van der Waals surface area contributed by atoms with Crippen molar-refractivity contribution in [3.63, 3.8) is 0 Å². The highest BCUT2D eigenvalue weighted by Gasteiger charge is 2.38. The molecule has 1 heterocycles. The van der Waals surface area contributed by atoms with Gasteiger partial charge < -0.3 is 5.32 Å². The Morgan fingerprint density at radius 3 is 2.90 bits per heavy atom. The molecular formula is C16H20ClN3. The lowest BCUT2D eigenvalue weighted by atomic mass is 9.85. The van der Waals surface area contributed by atoms with Gasteiger partial charge in [0.05, 0.1) is 5.69 Å². The molecule has 0 spiro atoms. The molecular weight excluding hydrogens is 270 g/mol. The highest BCUT2D eigenvalue weighted by molar-refractivity contribution is 6.30. The van der Waals surface area contributed by atoms with E-state index in [2.05, 4.69) is 36.4 Å². The summed E-state index contributed by atoms with van der Waals surface area (Å²) in [6, 6.07) is 8.62. The van der Waals surface area contributed by atoms with Gasteiger partial charge in [-0.15, -0.1) is 0 Å². The van der Waals surface area contributed by atoms with Crippen molar-refractivity contribution in [1.82, 2.24) is 15.1 Å². The van der Waals surface area contributed by atoms with Gasteiger partial charge in [0.2, 0.25) is 0 Å². The number of hydrogen-bond donors (Lipinski definition) is 1. The topological polar surface area (TPSA) is 29.9 Å². The van der Waals surface area contributed by atoms with Crippen molar-refractivity contribution in [1.29, 1.82) is 0 Å². The van der Waals surface area contributed by atoms with Gasteiger partial charge in [-0.05, 0) is 41.2 Å². The van der Waals surface area contributed by atoms with Crippen molar-refractivity contribution in [3.8, 4) is 0 Å². The summed E-state index contributed by atoms with van der Waals surface area (Å²) < 4.78 is 1.91. The van der Waals surface area contributed by atoms with Crippen LogP contribution in [0.4, 0.5) is 0 Å². The molecule has 1 aliphatic carbocycles. The highest BCUT2D eigenvalue weighted by Crippen LogP contribution is 2.45. The van der Waals surface area contributed by atoms with Gasteiger partial charge in [0.25, 0.3) is 0 Å². The molecule has 1 atom stereocenters. The molecule has 20 heavy (non-hydrogen) atoms. The predicted octanol–water partition coefficient (Wildman–Crippen LogP) is 3.49. The maximum absolute atomic E-state index is 6.16. The number of nitrogens with one attached hydrogen (secondary N) is 1. The van der Waals surface area contributed by atoms with Crippen LogP contribution < -0.4 is 5.32 Å². The van der Waals surface area contributed by atoms with E-state index in [0.717, 1.165) is 18.0 Å². The van der Waals surface area contributed by atoms with Crippen molar-refractivity contribution in [3.05, 3.63) is 52.3 Å². The summed E-state index contributed by atoms with van der Waals surface area (Å²) in [5.74, 6) is 0. The van der Waals surface area contributed by atoms with Gasteiger partial charge in [-0.25, -0.2) is 0 Å². The second-order valence-corrected chi connectivity index (χ2v) is 6.70. The van der Waals surface area contributed by atoms with Crippen molar-refractivity contribution in [2.75, 3.05) is 0 Å². The van der Waals surface area contributed by atoms with Crippen LogP contribution in [0.2, 0.25) is 5.02 Å². The second-order valence-electron chi connectivity index (χ2n) is 6.27. The molecule has 0 saturated carbocycles. The number of aryl methyl sites for hydroxylation is 1. The lowest BCUT2D eigenvalue weighted by molar-refractivity contribution is 0.266. The zero-order valence-electron chi connectivity index (χ0n) is 12.2. The van der Waals surface area contributed by atoms with E-state index in [-0.39, 0.29) is 5.41 Å². The van der Waals surface area contributed by atoms with Crippen LogP contribution in [-0.4, -0.2) is 9.78 Å². The molecule has 1 aliphatic rings. The predicted molar refractivity (Wildman–Crippen MR) is 81.7 cm³/mol. The van der Waals surface area contributed by atoms with Gasteiger partial charge >= 0.3 is 0 Å². The summed E-state index contributed by atoms with van der Waals surface area (Å²) >= 11 is 6.16. The largest absolute Gasteiger partial charge is 0.304 e. The van der Waals surface area contributed by atoms with E-state index in [1.54, 1.807) is 0 Å². The quantitative estimate of drug-likeness (QED) is 0.937. The lowest BCUT2D eigenvalue weighted by Crippen LogP contribution is -2.31. The number of benzene rings is 1. The maximum atomic E-state index is 6.16. The Hall–Kier alpha value is -1.32. The second kappa shape index (κ2) is 4.90. The Kier molecular flexibility index (Phi) is 3.35. The molecule has 0 aliphatic heterocycles. The zero-order valence-corrected chi connectivity index (χ0v) is 12.9. The molecule has 1 N–H and O–H groups in total.